The molecule has 0 spiro atoms. The lowest BCUT2D eigenvalue weighted by molar-refractivity contribution is -0.134. The van der Waals surface area contributed by atoms with Gasteiger partial charge in [0, 0.05) is 24.0 Å². The van der Waals surface area contributed by atoms with Crippen molar-refractivity contribution >= 4 is 16.8 Å². The van der Waals surface area contributed by atoms with E-state index in [2.05, 4.69) is 53.5 Å². The largest absolute Gasteiger partial charge is 0.483 e. The highest BCUT2D eigenvalue weighted by molar-refractivity contribution is 5.86. The Morgan fingerprint density at radius 3 is 2.74 bits per heavy atom. The van der Waals surface area contributed by atoms with Crippen molar-refractivity contribution in [3.05, 3.63) is 71.9 Å². The quantitative estimate of drug-likeness (QED) is 0.325. The van der Waals surface area contributed by atoms with Crippen molar-refractivity contribution in [2.45, 2.75) is 39.0 Å². The Morgan fingerprint density at radius 2 is 1.87 bits per heavy atom. The maximum atomic E-state index is 13.0. The minimum Gasteiger partial charge on any atom is -0.483 e. The Kier molecular flexibility index (Phi) is 6.90. The summed E-state index contributed by atoms with van der Waals surface area (Å²) < 4.78 is 17.0. The van der Waals surface area contributed by atoms with Crippen LogP contribution < -0.4 is 14.2 Å². The second-order valence-corrected chi connectivity index (χ2v) is 10.2. The van der Waals surface area contributed by atoms with Crippen molar-refractivity contribution in [2.75, 3.05) is 26.5 Å². The highest BCUT2D eigenvalue weighted by Crippen LogP contribution is 2.35. The molecule has 3 heterocycles. The zero-order valence-corrected chi connectivity index (χ0v) is 21.7. The van der Waals surface area contributed by atoms with Crippen LogP contribution in [0, 0.1) is 5.92 Å². The Labute approximate surface area is 222 Å². The number of aromatic amines is 1. The number of nitrogens with one attached hydrogen (secondary N) is 1. The molecular formula is C31H33N3O4. The average Bonchev–Trinajstić information content (AvgIpc) is 3.64. The van der Waals surface area contributed by atoms with Crippen molar-refractivity contribution in [2.24, 2.45) is 5.92 Å². The predicted octanol–water partition coefficient (Wildman–Crippen LogP) is 5.77. The number of piperidine rings is 1. The molecule has 2 aliphatic rings. The summed E-state index contributed by atoms with van der Waals surface area (Å²) in [4.78, 5) is 15.0. The summed E-state index contributed by atoms with van der Waals surface area (Å²) in [7, 11) is 0. The SMILES string of the molecule is CCc1ccc(OCC(=O)N2CCC(CCc3ccc4c(c3)OCO4)CC2)c(-c2ccc3[nH]ncc3c2)c1. The average molecular weight is 512 g/mol. The summed E-state index contributed by atoms with van der Waals surface area (Å²) >= 11 is 0. The van der Waals surface area contributed by atoms with E-state index in [1.54, 1.807) is 0 Å². The van der Waals surface area contributed by atoms with E-state index in [-0.39, 0.29) is 12.5 Å². The van der Waals surface area contributed by atoms with Crippen LogP contribution in [0.25, 0.3) is 22.0 Å². The fourth-order valence-electron chi connectivity index (χ4n) is 5.43. The number of amides is 1. The molecule has 1 fully saturated rings. The maximum Gasteiger partial charge on any atom is 0.260 e. The normalized spacial score (nSPS) is 15.2. The van der Waals surface area contributed by atoms with Gasteiger partial charge >= 0.3 is 0 Å². The minimum absolute atomic E-state index is 0.0499. The molecule has 0 bridgehead atoms. The van der Waals surface area contributed by atoms with Gasteiger partial charge in [-0.1, -0.05) is 25.1 Å². The van der Waals surface area contributed by atoms with Gasteiger partial charge in [0.1, 0.15) is 5.75 Å². The van der Waals surface area contributed by atoms with Crippen LogP contribution >= 0.6 is 0 Å². The van der Waals surface area contributed by atoms with Gasteiger partial charge in [-0.15, -0.1) is 0 Å². The molecular weight excluding hydrogens is 478 g/mol. The lowest BCUT2D eigenvalue weighted by Crippen LogP contribution is -2.41. The van der Waals surface area contributed by atoms with Crippen LogP contribution in [0.4, 0.5) is 0 Å². The van der Waals surface area contributed by atoms with Crippen LogP contribution in [0.1, 0.15) is 37.3 Å². The van der Waals surface area contributed by atoms with E-state index in [1.165, 1.54) is 11.1 Å². The molecule has 7 nitrogen and oxygen atoms in total. The smallest absolute Gasteiger partial charge is 0.260 e. The molecule has 1 N–H and O–H groups in total. The van der Waals surface area contributed by atoms with E-state index in [0.717, 1.165) is 84.5 Å². The second-order valence-electron chi connectivity index (χ2n) is 10.2. The number of carbonyl (C=O) groups excluding carboxylic acids is 1. The van der Waals surface area contributed by atoms with Gasteiger partial charge in [0.2, 0.25) is 6.79 Å². The van der Waals surface area contributed by atoms with E-state index in [1.807, 2.05) is 29.3 Å². The van der Waals surface area contributed by atoms with Crippen molar-refractivity contribution in [1.29, 1.82) is 0 Å². The third-order valence-corrected chi connectivity index (χ3v) is 7.80. The second kappa shape index (κ2) is 10.8. The number of hydrogen-bond donors (Lipinski definition) is 1. The van der Waals surface area contributed by atoms with Crippen molar-refractivity contribution < 1.29 is 19.0 Å². The molecule has 0 radical (unpaired) electrons. The molecule has 0 unspecified atom stereocenters. The zero-order valence-electron chi connectivity index (χ0n) is 21.7. The third-order valence-electron chi connectivity index (χ3n) is 7.80. The molecule has 2 aliphatic heterocycles. The Balaban J connectivity index is 1.04. The van der Waals surface area contributed by atoms with Gasteiger partial charge in [0.25, 0.3) is 5.91 Å². The van der Waals surface area contributed by atoms with Crippen LogP contribution in [0.5, 0.6) is 17.2 Å². The number of H-pyrrole nitrogens is 1. The first-order valence-corrected chi connectivity index (χ1v) is 13.5. The fraction of sp³-hybridized carbons (Fsp3) is 0.355. The summed E-state index contributed by atoms with van der Waals surface area (Å²) in [6.07, 6.45) is 6.94. The third kappa shape index (κ3) is 5.19. The fourth-order valence-corrected chi connectivity index (χ4v) is 5.43. The van der Waals surface area contributed by atoms with E-state index in [0.29, 0.717) is 12.7 Å². The number of ether oxygens (including phenoxy) is 3. The maximum absolute atomic E-state index is 13.0. The van der Waals surface area contributed by atoms with Crippen molar-refractivity contribution in [1.82, 2.24) is 15.1 Å². The number of rotatable bonds is 8. The lowest BCUT2D eigenvalue weighted by atomic mass is 9.90. The minimum atomic E-state index is 0.0499. The first-order valence-electron chi connectivity index (χ1n) is 13.5. The first-order chi connectivity index (χ1) is 18.7. The molecule has 38 heavy (non-hydrogen) atoms. The highest BCUT2D eigenvalue weighted by Gasteiger charge is 2.24. The number of benzene rings is 3. The Hall–Kier alpha value is -4.00. The zero-order chi connectivity index (χ0) is 25.9. The highest BCUT2D eigenvalue weighted by atomic mass is 16.7. The molecule has 0 saturated carbocycles. The van der Waals surface area contributed by atoms with Crippen LogP contribution in [-0.2, 0) is 17.6 Å². The number of fused-ring (bicyclic) bond motifs is 2. The number of aryl methyl sites for hydroxylation is 2. The number of aromatic nitrogens is 2. The monoisotopic (exact) mass is 511 g/mol. The van der Waals surface area contributed by atoms with Gasteiger partial charge < -0.3 is 19.1 Å². The van der Waals surface area contributed by atoms with Gasteiger partial charge in [-0.05, 0) is 91.1 Å². The first kappa shape index (κ1) is 24.3. The molecule has 196 valence electrons. The molecule has 6 rings (SSSR count). The molecule has 1 aromatic heterocycles. The molecule has 3 aromatic carbocycles. The molecule has 4 aromatic rings. The summed E-state index contributed by atoms with van der Waals surface area (Å²) in [5.41, 5.74) is 5.56. The Morgan fingerprint density at radius 1 is 1.03 bits per heavy atom. The van der Waals surface area contributed by atoms with Gasteiger partial charge in [-0.2, -0.15) is 5.10 Å². The summed E-state index contributed by atoms with van der Waals surface area (Å²) in [5.74, 6) is 3.08. The van der Waals surface area contributed by atoms with Gasteiger partial charge in [0.05, 0.1) is 11.7 Å². The molecule has 1 saturated heterocycles. The number of likely N-dealkylation sites (tertiary alicyclic amines) is 1. The standard InChI is InChI=1S/C31H33N3O4/c1-2-21-5-9-28(26(15-21)24-7-8-27-25(17-24)18-32-33-27)36-19-31(35)34-13-11-22(12-14-34)3-4-23-6-10-29-30(16-23)38-20-37-29/h5-10,15-18,22H,2-4,11-14,19-20H2,1H3,(H,32,33). The number of nitrogens with zero attached hydrogens (tertiary/aromatic N) is 2. The van der Waals surface area contributed by atoms with Crippen LogP contribution in [-0.4, -0.2) is 47.5 Å². The van der Waals surface area contributed by atoms with Gasteiger partial charge in [-0.3, -0.25) is 9.89 Å². The topological polar surface area (TPSA) is 76.7 Å². The summed E-state index contributed by atoms with van der Waals surface area (Å²) in [6.45, 7) is 4.07. The van der Waals surface area contributed by atoms with Crippen molar-refractivity contribution in [3.63, 3.8) is 0 Å². The van der Waals surface area contributed by atoms with Crippen LogP contribution in [0.2, 0.25) is 0 Å². The van der Waals surface area contributed by atoms with E-state index >= 15 is 0 Å². The van der Waals surface area contributed by atoms with Crippen LogP contribution in [0.15, 0.2) is 60.8 Å². The van der Waals surface area contributed by atoms with Gasteiger partial charge in [0.15, 0.2) is 18.1 Å². The van der Waals surface area contributed by atoms with Gasteiger partial charge in [-0.25, -0.2) is 0 Å². The molecule has 7 heteroatoms. The predicted molar refractivity (Wildman–Crippen MR) is 147 cm³/mol. The Bertz CT molecular complexity index is 1440. The van der Waals surface area contributed by atoms with Crippen molar-refractivity contribution in [3.8, 4) is 28.4 Å². The van der Waals surface area contributed by atoms with E-state index in [4.69, 9.17) is 14.2 Å². The summed E-state index contributed by atoms with van der Waals surface area (Å²) in [5, 5.41) is 8.18. The molecule has 0 atom stereocenters. The molecule has 0 aliphatic carbocycles. The number of carbonyl (C=O) groups is 1. The summed E-state index contributed by atoms with van der Waals surface area (Å²) in [6, 6.07) is 18.6. The van der Waals surface area contributed by atoms with E-state index in [9.17, 15) is 4.79 Å². The lowest BCUT2D eigenvalue weighted by Gasteiger charge is -2.32. The van der Waals surface area contributed by atoms with Crippen LogP contribution in [0.3, 0.4) is 0 Å². The van der Waals surface area contributed by atoms with E-state index < -0.39 is 0 Å². The molecule has 1 amide bonds. The number of hydrogen-bond acceptors (Lipinski definition) is 5.